The summed E-state index contributed by atoms with van der Waals surface area (Å²) in [6.45, 7) is 3.73. The van der Waals surface area contributed by atoms with Crippen LogP contribution in [0, 0.1) is 19.8 Å². The molecule has 10 nitrogen and oxygen atoms in total. The standard InChI is InChI=1S/C20H27N3O7S2/c1-14-19(15(2)30-21-14)32(27,28)22-8-5-16(6-9-22)20(24)23(12-18-4-3-10-29-18)17-7-11-31(25,26)13-17/h3-4,10,16-17H,5-9,11-13H2,1-2H3/t17-/m1/s1. The van der Waals surface area contributed by atoms with Gasteiger partial charge in [-0.05, 0) is 45.2 Å². The van der Waals surface area contributed by atoms with E-state index in [1.807, 2.05) is 0 Å². The smallest absolute Gasteiger partial charge is 0.248 e. The molecule has 0 unspecified atom stereocenters. The lowest BCUT2D eigenvalue weighted by Gasteiger charge is -2.35. The molecule has 4 rings (SSSR count). The van der Waals surface area contributed by atoms with Crippen LogP contribution < -0.4 is 0 Å². The minimum atomic E-state index is -3.76. The van der Waals surface area contributed by atoms with E-state index < -0.39 is 25.9 Å². The number of amides is 1. The fraction of sp³-hybridized carbons (Fsp3) is 0.600. The van der Waals surface area contributed by atoms with Crippen molar-refractivity contribution in [1.29, 1.82) is 0 Å². The average Bonchev–Trinajstić information content (AvgIpc) is 3.46. The first kappa shape index (κ1) is 23.0. The van der Waals surface area contributed by atoms with E-state index in [1.54, 1.807) is 30.9 Å². The van der Waals surface area contributed by atoms with Gasteiger partial charge in [0.2, 0.25) is 15.9 Å². The van der Waals surface area contributed by atoms with Crippen LogP contribution in [0.5, 0.6) is 0 Å². The van der Waals surface area contributed by atoms with Crippen LogP contribution in [0.3, 0.4) is 0 Å². The molecule has 0 saturated carbocycles. The van der Waals surface area contributed by atoms with Crippen molar-refractivity contribution in [3.8, 4) is 0 Å². The maximum Gasteiger partial charge on any atom is 0.248 e. The number of sulfone groups is 1. The highest BCUT2D eigenvalue weighted by Crippen LogP contribution is 2.30. The molecule has 2 fully saturated rings. The summed E-state index contributed by atoms with van der Waals surface area (Å²) in [6.07, 6.45) is 2.63. The Hall–Kier alpha value is -2.18. The molecule has 1 amide bonds. The highest BCUT2D eigenvalue weighted by molar-refractivity contribution is 7.91. The van der Waals surface area contributed by atoms with Gasteiger partial charge in [0.15, 0.2) is 15.6 Å². The van der Waals surface area contributed by atoms with Gasteiger partial charge < -0.3 is 13.8 Å². The molecule has 0 aromatic carbocycles. The first-order valence-corrected chi connectivity index (χ1v) is 13.8. The van der Waals surface area contributed by atoms with Gasteiger partial charge in [-0.3, -0.25) is 4.79 Å². The van der Waals surface area contributed by atoms with Gasteiger partial charge in [-0.15, -0.1) is 0 Å². The molecule has 0 aliphatic carbocycles. The number of hydrogen-bond donors (Lipinski definition) is 0. The molecule has 0 bridgehead atoms. The molecule has 2 aromatic rings. The van der Waals surface area contributed by atoms with Crippen LogP contribution in [-0.4, -0.2) is 67.7 Å². The van der Waals surface area contributed by atoms with Gasteiger partial charge in [0, 0.05) is 25.0 Å². The lowest BCUT2D eigenvalue weighted by atomic mass is 9.95. The third-order valence-corrected chi connectivity index (χ3v) is 10.1. The highest BCUT2D eigenvalue weighted by atomic mass is 32.2. The summed E-state index contributed by atoms with van der Waals surface area (Å²) in [4.78, 5) is 15.1. The zero-order valence-corrected chi connectivity index (χ0v) is 19.7. The topological polar surface area (TPSA) is 131 Å². The van der Waals surface area contributed by atoms with Crippen LogP contribution in [-0.2, 0) is 31.2 Å². The van der Waals surface area contributed by atoms with Gasteiger partial charge in [-0.1, -0.05) is 5.16 Å². The summed E-state index contributed by atoms with van der Waals surface area (Å²) < 4.78 is 61.9. The number of nitrogens with zero attached hydrogens (tertiary/aromatic N) is 3. The third kappa shape index (κ3) is 4.48. The van der Waals surface area contributed by atoms with Gasteiger partial charge in [0.25, 0.3) is 0 Å². The van der Waals surface area contributed by atoms with Gasteiger partial charge in [0.05, 0.1) is 24.3 Å². The van der Waals surface area contributed by atoms with Crippen LogP contribution in [0.1, 0.15) is 36.5 Å². The Kier molecular flexibility index (Phi) is 6.21. The molecule has 12 heteroatoms. The minimum Gasteiger partial charge on any atom is -0.467 e. The summed E-state index contributed by atoms with van der Waals surface area (Å²) in [5.74, 6) is 0.294. The van der Waals surface area contributed by atoms with Crippen molar-refractivity contribution in [2.45, 2.75) is 50.6 Å². The predicted molar refractivity (Wildman–Crippen MR) is 114 cm³/mol. The number of rotatable bonds is 6. The number of aromatic nitrogens is 1. The van der Waals surface area contributed by atoms with Crippen LogP contribution in [0.15, 0.2) is 32.2 Å². The molecule has 0 radical (unpaired) electrons. The molecule has 2 aliphatic rings. The molecule has 1 atom stereocenters. The van der Waals surface area contributed by atoms with Crippen molar-refractivity contribution in [1.82, 2.24) is 14.4 Å². The number of hydrogen-bond acceptors (Lipinski definition) is 8. The Morgan fingerprint density at radius 3 is 2.50 bits per heavy atom. The number of furan rings is 1. The maximum absolute atomic E-state index is 13.4. The van der Waals surface area contributed by atoms with E-state index in [2.05, 4.69) is 5.16 Å². The normalized spacial score (nSPS) is 22.2. The monoisotopic (exact) mass is 485 g/mol. The van der Waals surface area contributed by atoms with Crippen molar-refractivity contribution in [3.05, 3.63) is 35.6 Å². The van der Waals surface area contributed by atoms with E-state index in [0.29, 0.717) is 30.7 Å². The van der Waals surface area contributed by atoms with Crippen LogP contribution in [0.4, 0.5) is 0 Å². The van der Waals surface area contributed by atoms with Crippen molar-refractivity contribution >= 4 is 25.8 Å². The third-order valence-electron chi connectivity index (χ3n) is 6.21. The van der Waals surface area contributed by atoms with Crippen molar-refractivity contribution in [3.63, 3.8) is 0 Å². The van der Waals surface area contributed by atoms with E-state index in [9.17, 15) is 21.6 Å². The van der Waals surface area contributed by atoms with Crippen LogP contribution >= 0.6 is 0 Å². The molecule has 2 saturated heterocycles. The Labute approximate surface area is 187 Å². The van der Waals surface area contributed by atoms with Gasteiger partial charge in [0.1, 0.15) is 16.3 Å². The zero-order chi connectivity index (χ0) is 23.1. The number of carbonyl (C=O) groups excluding carboxylic acids is 1. The lowest BCUT2D eigenvalue weighted by molar-refractivity contribution is -0.139. The van der Waals surface area contributed by atoms with Crippen LogP contribution in [0.25, 0.3) is 0 Å². The second-order valence-electron chi connectivity index (χ2n) is 8.43. The number of aryl methyl sites for hydroxylation is 2. The molecule has 32 heavy (non-hydrogen) atoms. The predicted octanol–water partition coefficient (Wildman–Crippen LogP) is 1.50. The highest BCUT2D eigenvalue weighted by Gasteiger charge is 2.40. The molecule has 2 aromatic heterocycles. The van der Waals surface area contributed by atoms with Crippen LogP contribution in [0.2, 0.25) is 0 Å². The Morgan fingerprint density at radius 2 is 1.97 bits per heavy atom. The summed E-state index contributed by atoms with van der Waals surface area (Å²) >= 11 is 0. The maximum atomic E-state index is 13.4. The molecular formula is C20H27N3O7S2. The lowest BCUT2D eigenvalue weighted by Crippen LogP contribution is -2.47. The van der Waals surface area contributed by atoms with Crippen molar-refractivity contribution in [2.75, 3.05) is 24.6 Å². The van der Waals surface area contributed by atoms with Crippen molar-refractivity contribution in [2.24, 2.45) is 5.92 Å². The summed E-state index contributed by atoms with van der Waals surface area (Å²) in [7, 11) is -6.94. The Bertz CT molecular complexity index is 1160. The van der Waals surface area contributed by atoms with E-state index >= 15 is 0 Å². The number of piperidine rings is 1. The fourth-order valence-electron chi connectivity index (χ4n) is 4.53. The zero-order valence-electron chi connectivity index (χ0n) is 18.1. The van der Waals surface area contributed by atoms with E-state index in [0.717, 1.165) is 0 Å². The number of sulfonamides is 1. The largest absolute Gasteiger partial charge is 0.467 e. The summed E-state index contributed by atoms with van der Waals surface area (Å²) in [6, 6.07) is 3.07. The van der Waals surface area contributed by atoms with Gasteiger partial charge in [-0.2, -0.15) is 4.31 Å². The van der Waals surface area contributed by atoms with E-state index in [1.165, 1.54) is 10.6 Å². The first-order valence-electron chi connectivity index (χ1n) is 10.5. The van der Waals surface area contributed by atoms with E-state index in [-0.39, 0.29) is 53.6 Å². The molecule has 0 N–H and O–H groups in total. The summed E-state index contributed by atoms with van der Waals surface area (Å²) in [5.41, 5.74) is 0.313. The number of carbonyl (C=O) groups is 1. The van der Waals surface area contributed by atoms with Crippen molar-refractivity contribution < 1.29 is 30.6 Å². The Morgan fingerprint density at radius 1 is 1.25 bits per heavy atom. The molecule has 0 spiro atoms. The average molecular weight is 486 g/mol. The second-order valence-corrected chi connectivity index (χ2v) is 12.5. The molecular weight excluding hydrogens is 458 g/mol. The molecule has 176 valence electrons. The molecule has 4 heterocycles. The van der Waals surface area contributed by atoms with E-state index in [4.69, 9.17) is 8.94 Å². The Balaban J connectivity index is 1.48. The van der Waals surface area contributed by atoms with Gasteiger partial charge >= 0.3 is 0 Å². The molecule has 2 aliphatic heterocycles. The SMILES string of the molecule is Cc1noc(C)c1S(=O)(=O)N1CCC(C(=O)N(Cc2ccco2)[C@@H]2CCS(=O)(=O)C2)CC1. The second kappa shape index (κ2) is 8.64. The first-order chi connectivity index (χ1) is 15.1. The fourth-order valence-corrected chi connectivity index (χ4v) is 8.02. The minimum absolute atomic E-state index is 0.0568. The quantitative estimate of drug-likeness (QED) is 0.602. The summed E-state index contributed by atoms with van der Waals surface area (Å²) in [5, 5.41) is 3.74. The van der Waals surface area contributed by atoms with Gasteiger partial charge in [-0.25, -0.2) is 16.8 Å².